The maximum Gasteiger partial charge on any atom is 0.260 e. The van der Waals surface area contributed by atoms with E-state index < -0.39 is 11.7 Å². The molecular weight excluding hydrogens is 361 g/mol. The number of hydrogen-bond donors (Lipinski definition) is 0. The summed E-state index contributed by atoms with van der Waals surface area (Å²) in [5, 5.41) is 3.97. The topological polar surface area (TPSA) is 66.7 Å². The van der Waals surface area contributed by atoms with Gasteiger partial charge in [0.25, 0.3) is 5.91 Å². The summed E-state index contributed by atoms with van der Waals surface area (Å²) < 4.78 is 19.4. The highest BCUT2D eigenvalue weighted by Gasteiger charge is 2.29. The van der Waals surface area contributed by atoms with E-state index in [1.54, 1.807) is 21.0 Å². The van der Waals surface area contributed by atoms with Gasteiger partial charge in [-0.2, -0.15) is 0 Å². The van der Waals surface area contributed by atoms with E-state index in [1.807, 2.05) is 6.92 Å². The summed E-state index contributed by atoms with van der Waals surface area (Å²) in [7, 11) is 3.23. The Bertz CT molecular complexity index is 800. The molecule has 1 aromatic heterocycles. The summed E-state index contributed by atoms with van der Waals surface area (Å²) in [6, 6.07) is 4.21. The van der Waals surface area contributed by atoms with Crippen LogP contribution in [-0.2, 0) is 4.79 Å². The fourth-order valence-electron chi connectivity index (χ4n) is 2.50. The lowest BCUT2D eigenvalue weighted by Crippen LogP contribution is -2.41. The normalized spacial score (nSPS) is 10.7. The number of rotatable bonds is 6. The highest BCUT2D eigenvalue weighted by Crippen LogP contribution is 2.34. The lowest BCUT2D eigenvalue weighted by molar-refractivity contribution is -0.129. The lowest BCUT2D eigenvalue weighted by atomic mass is 10.0. The van der Waals surface area contributed by atoms with Crippen LogP contribution in [0, 0.1) is 12.7 Å². The molecule has 0 saturated carbocycles. The van der Waals surface area contributed by atoms with Gasteiger partial charge >= 0.3 is 0 Å². The summed E-state index contributed by atoms with van der Waals surface area (Å²) in [5.74, 6) is -1.03. The monoisotopic (exact) mass is 381 g/mol. The average Bonchev–Trinajstić information content (AvgIpc) is 2.94. The molecule has 0 fully saturated rings. The van der Waals surface area contributed by atoms with Crippen LogP contribution in [0.5, 0.6) is 0 Å². The van der Waals surface area contributed by atoms with E-state index in [9.17, 15) is 14.0 Å². The number of aromatic nitrogens is 1. The van der Waals surface area contributed by atoms with Crippen molar-refractivity contribution in [2.75, 3.05) is 27.2 Å². The van der Waals surface area contributed by atoms with Crippen LogP contribution in [0.4, 0.5) is 4.39 Å². The van der Waals surface area contributed by atoms with Gasteiger partial charge in [-0.3, -0.25) is 9.59 Å². The molecule has 0 bridgehead atoms. The molecule has 8 heteroatoms. The number of aryl methyl sites for hydroxylation is 1. The van der Waals surface area contributed by atoms with Crippen LogP contribution in [0.25, 0.3) is 11.3 Å². The van der Waals surface area contributed by atoms with E-state index in [4.69, 9.17) is 16.1 Å². The number of carbonyl (C=O) groups is 2. The molecule has 0 saturated heterocycles. The standard InChI is InChI=1S/C18H21ClFN3O3/c1-5-9-23(10-14(24)22(3)4)18(25)15-11(2)26-21-17(15)16-12(19)7-6-8-13(16)20/h6-8H,5,9-10H2,1-4H3. The molecule has 1 heterocycles. The highest BCUT2D eigenvalue weighted by molar-refractivity contribution is 6.33. The van der Waals surface area contributed by atoms with Crippen molar-refractivity contribution in [2.45, 2.75) is 20.3 Å². The molecule has 0 unspecified atom stereocenters. The van der Waals surface area contributed by atoms with Gasteiger partial charge in [-0.15, -0.1) is 0 Å². The Morgan fingerprint density at radius 3 is 2.58 bits per heavy atom. The summed E-state index contributed by atoms with van der Waals surface area (Å²) >= 11 is 6.11. The van der Waals surface area contributed by atoms with Gasteiger partial charge in [0.05, 0.1) is 10.6 Å². The Labute approximate surface area is 156 Å². The van der Waals surface area contributed by atoms with Crippen molar-refractivity contribution in [3.63, 3.8) is 0 Å². The number of hydrogen-bond acceptors (Lipinski definition) is 4. The smallest absolute Gasteiger partial charge is 0.260 e. The molecule has 0 atom stereocenters. The molecule has 0 spiro atoms. The van der Waals surface area contributed by atoms with Crippen molar-refractivity contribution in [1.29, 1.82) is 0 Å². The molecule has 0 aliphatic rings. The Morgan fingerprint density at radius 2 is 2.00 bits per heavy atom. The Hall–Kier alpha value is -2.41. The number of likely N-dealkylation sites (N-methyl/N-ethyl adjacent to an activating group) is 1. The first-order chi connectivity index (χ1) is 12.3. The van der Waals surface area contributed by atoms with Crippen molar-refractivity contribution in [1.82, 2.24) is 15.0 Å². The van der Waals surface area contributed by atoms with Gasteiger partial charge in [-0.1, -0.05) is 29.7 Å². The van der Waals surface area contributed by atoms with Gasteiger partial charge < -0.3 is 14.3 Å². The van der Waals surface area contributed by atoms with Crippen molar-refractivity contribution in [3.8, 4) is 11.3 Å². The van der Waals surface area contributed by atoms with Gasteiger partial charge in [0.1, 0.15) is 29.4 Å². The molecule has 2 amide bonds. The summed E-state index contributed by atoms with van der Waals surface area (Å²) in [5.41, 5.74) is 0.149. The molecule has 140 valence electrons. The van der Waals surface area contributed by atoms with Crippen LogP contribution >= 0.6 is 11.6 Å². The minimum atomic E-state index is -0.605. The van der Waals surface area contributed by atoms with Gasteiger partial charge in [0.15, 0.2) is 0 Å². The van der Waals surface area contributed by atoms with Crippen molar-refractivity contribution >= 4 is 23.4 Å². The zero-order chi connectivity index (χ0) is 19.4. The SMILES string of the molecule is CCCN(CC(=O)N(C)C)C(=O)c1c(-c2c(F)cccc2Cl)noc1C. The zero-order valence-corrected chi connectivity index (χ0v) is 15.9. The number of carbonyl (C=O) groups excluding carboxylic acids is 2. The average molecular weight is 382 g/mol. The van der Waals surface area contributed by atoms with E-state index in [0.717, 1.165) is 0 Å². The maximum absolute atomic E-state index is 14.3. The van der Waals surface area contributed by atoms with Crippen molar-refractivity contribution in [3.05, 3.63) is 40.4 Å². The summed E-state index contributed by atoms with van der Waals surface area (Å²) in [4.78, 5) is 28.0. The predicted octanol–water partition coefficient (Wildman–Crippen LogP) is 3.38. The van der Waals surface area contributed by atoms with Crippen LogP contribution in [0.15, 0.2) is 22.7 Å². The second kappa shape index (κ2) is 8.31. The fourth-order valence-corrected chi connectivity index (χ4v) is 2.76. The number of nitrogens with zero attached hydrogens (tertiary/aromatic N) is 3. The van der Waals surface area contributed by atoms with Crippen LogP contribution in [0.1, 0.15) is 29.5 Å². The molecular formula is C18H21ClFN3O3. The van der Waals surface area contributed by atoms with Gasteiger partial charge in [0, 0.05) is 20.6 Å². The van der Waals surface area contributed by atoms with E-state index >= 15 is 0 Å². The Balaban J connectivity index is 2.48. The third kappa shape index (κ3) is 4.04. The third-order valence-corrected chi connectivity index (χ3v) is 4.20. The molecule has 2 aromatic rings. The first-order valence-corrected chi connectivity index (χ1v) is 8.55. The lowest BCUT2D eigenvalue weighted by Gasteiger charge is -2.23. The minimum absolute atomic E-state index is 0.00440. The van der Waals surface area contributed by atoms with Crippen LogP contribution < -0.4 is 0 Å². The quantitative estimate of drug-likeness (QED) is 0.769. The van der Waals surface area contributed by atoms with Gasteiger partial charge in [-0.25, -0.2) is 4.39 Å². The zero-order valence-electron chi connectivity index (χ0n) is 15.2. The van der Waals surface area contributed by atoms with Crippen LogP contribution in [0.2, 0.25) is 5.02 Å². The Kier molecular flexibility index (Phi) is 6.37. The predicted molar refractivity (Wildman–Crippen MR) is 96.5 cm³/mol. The molecule has 0 aliphatic heterocycles. The van der Waals surface area contributed by atoms with Crippen molar-refractivity contribution in [2.24, 2.45) is 0 Å². The summed E-state index contributed by atoms with van der Waals surface area (Å²) in [6.07, 6.45) is 0.659. The number of halogens is 2. The molecule has 0 aliphatic carbocycles. The molecule has 26 heavy (non-hydrogen) atoms. The van der Waals surface area contributed by atoms with Gasteiger partial charge in [-0.05, 0) is 25.5 Å². The van der Waals surface area contributed by atoms with Crippen molar-refractivity contribution < 1.29 is 18.5 Å². The first kappa shape index (κ1) is 19.9. The molecule has 1 aromatic carbocycles. The first-order valence-electron chi connectivity index (χ1n) is 8.18. The number of amides is 2. The minimum Gasteiger partial charge on any atom is -0.360 e. The van der Waals surface area contributed by atoms with Gasteiger partial charge in [0.2, 0.25) is 5.91 Å². The maximum atomic E-state index is 14.3. The molecule has 2 rings (SSSR count). The largest absolute Gasteiger partial charge is 0.360 e. The van der Waals surface area contributed by atoms with E-state index in [0.29, 0.717) is 13.0 Å². The second-order valence-corrected chi connectivity index (χ2v) is 6.48. The molecule has 0 radical (unpaired) electrons. The van der Waals surface area contributed by atoms with Crippen LogP contribution in [-0.4, -0.2) is 54.0 Å². The van der Waals surface area contributed by atoms with E-state index in [-0.39, 0.29) is 40.1 Å². The number of benzene rings is 1. The van der Waals surface area contributed by atoms with E-state index in [2.05, 4.69) is 5.16 Å². The molecule has 0 N–H and O–H groups in total. The fraction of sp³-hybridized carbons (Fsp3) is 0.389. The summed E-state index contributed by atoms with van der Waals surface area (Å²) in [6.45, 7) is 3.74. The van der Waals surface area contributed by atoms with Crippen LogP contribution in [0.3, 0.4) is 0 Å². The second-order valence-electron chi connectivity index (χ2n) is 6.07. The third-order valence-electron chi connectivity index (χ3n) is 3.88. The molecule has 6 nitrogen and oxygen atoms in total. The highest BCUT2D eigenvalue weighted by atomic mass is 35.5. The Morgan fingerprint density at radius 1 is 1.31 bits per heavy atom. The van der Waals surface area contributed by atoms with E-state index in [1.165, 1.54) is 28.0 Å².